The maximum absolute atomic E-state index is 9.24. The molecule has 0 aliphatic heterocycles. The van der Waals surface area contributed by atoms with Crippen LogP contribution in [0.1, 0.15) is 5.56 Å². The van der Waals surface area contributed by atoms with Gasteiger partial charge in [0.05, 0.1) is 11.6 Å². The zero-order valence-corrected chi connectivity index (χ0v) is 6.60. The van der Waals surface area contributed by atoms with Gasteiger partial charge in [-0.1, -0.05) is 6.07 Å². The Morgan fingerprint density at radius 1 is 1.55 bits per heavy atom. The Labute approximate surface area is 69.8 Å². The van der Waals surface area contributed by atoms with Crippen LogP contribution in [0.2, 0.25) is 0 Å². The number of phenols is 1. The van der Waals surface area contributed by atoms with Crippen molar-refractivity contribution in [3.63, 3.8) is 0 Å². The second-order valence-corrected chi connectivity index (χ2v) is 2.35. The number of rotatable bonds is 2. The molecule has 1 aromatic rings. The predicted octanol–water partition coefficient (Wildman–Crippen LogP) is 1.42. The number of nitrogens with one attached hydrogen (secondary N) is 1. The molecule has 11 heavy (non-hydrogen) atoms. The van der Waals surface area contributed by atoms with E-state index in [2.05, 4.69) is 5.43 Å². The van der Waals surface area contributed by atoms with Gasteiger partial charge < -0.3 is 10.5 Å². The van der Waals surface area contributed by atoms with Gasteiger partial charge in [-0.05, 0) is 12.1 Å². The van der Waals surface area contributed by atoms with Gasteiger partial charge in [0.2, 0.25) is 0 Å². The first-order valence-electron chi connectivity index (χ1n) is 3.13. The van der Waals surface area contributed by atoms with E-state index >= 15 is 0 Å². The second-order valence-electron chi connectivity index (χ2n) is 2.08. The summed E-state index contributed by atoms with van der Waals surface area (Å²) >= 11 is 5.56. The minimum Gasteiger partial charge on any atom is -0.508 e. The maximum atomic E-state index is 9.24. The minimum absolute atomic E-state index is 0.162. The molecule has 3 nitrogen and oxygen atoms in total. The summed E-state index contributed by atoms with van der Waals surface area (Å²) < 4.78 is 0. The maximum Gasteiger partial charge on any atom is 0.122 e. The third-order valence-electron chi connectivity index (χ3n) is 1.44. The average molecular weight is 173 g/mol. The lowest BCUT2D eigenvalue weighted by atomic mass is 10.2. The minimum atomic E-state index is 0.162. The molecule has 0 bridgehead atoms. The fraction of sp³-hybridized carbons (Fsp3) is 0.143. The molecule has 0 unspecified atom stereocenters. The Morgan fingerprint density at radius 3 is 2.73 bits per heavy atom. The summed E-state index contributed by atoms with van der Waals surface area (Å²) in [6, 6.07) is 5.01. The molecule has 1 aromatic carbocycles. The van der Waals surface area contributed by atoms with Gasteiger partial charge in [-0.25, -0.2) is 0 Å². The highest BCUT2D eigenvalue weighted by Crippen LogP contribution is 2.25. The van der Waals surface area contributed by atoms with Crippen molar-refractivity contribution in [2.24, 2.45) is 5.84 Å². The van der Waals surface area contributed by atoms with Crippen LogP contribution in [0, 0.1) is 0 Å². The SMILES string of the molecule is NNc1cccc(O)c1CCl. The molecule has 0 saturated heterocycles. The van der Waals surface area contributed by atoms with E-state index in [4.69, 9.17) is 17.4 Å². The van der Waals surface area contributed by atoms with Gasteiger partial charge >= 0.3 is 0 Å². The fourth-order valence-corrected chi connectivity index (χ4v) is 1.13. The molecule has 0 amide bonds. The summed E-state index contributed by atoms with van der Waals surface area (Å²) in [6.45, 7) is 0. The first-order valence-corrected chi connectivity index (χ1v) is 3.66. The Hall–Kier alpha value is -0.930. The number of hydrogen-bond donors (Lipinski definition) is 3. The van der Waals surface area contributed by atoms with Crippen molar-refractivity contribution in [1.29, 1.82) is 0 Å². The van der Waals surface area contributed by atoms with Crippen molar-refractivity contribution in [1.82, 2.24) is 0 Å². The molecule has 0 atom stereocenters. The Balaban J connectivity index is 3.13. The molecule has 0 aliphatic carbocycles. The molecule has 4 heteroatoms. The molecule has 0 radical (unpaired) electrons. The van der Waals surface area contributed by atoms with E-state index in [1.54, 1.807) is 18.2 Å². The zero-order chi connectivity index (χ0) is 8.27. The predicted molar refractivity (Wildman–Crippen MR) is 45.5 cm³/mol. The zero-order valence-electron chi connectivity index (χ0n) is 5.84. The molecule has 0 fully saturated rings. The van der Waals surface area contributed by atoms with Crippen LogP contribution in [0.3, 0.4) is 0 Å². The number of nitrogen functional groups attached to an aromatic ring is 1. The van der Waals surface area contributed by atoms with E-state index in [0.717, 1.165) is 0 Å². The molecule has 4 N–H and O–H groups in total. The van der Waals surface area contributed by atoms with Gasteiger partial charge in [0, 0.05) is 5.56 Å². The molecule has 60 valence electrons. The lowest BCUT2D eigenvalue weighted by Gasteiger charge is -2.06. The van der Waals surface area contributed by atoms with Crippen molar-refractivity contribution < 1.29 is 5.11 Å². The number of phenolic OH excluding ortho intramolecular Hbond substituents is 1. The molecule has 0 spiro atoms. The van der Waals surface area contributed by atoms with E-state index in [1.807, 2.05) is 0 Å². The highest BCUT2D eigenvalue weighted by atomic mass is 35.5. The monoisotopic (exact) mass is 172 g/mol. The van der Waals surface area contributed by atoms with Crippen LogP contribution in [0.15, 0.2) is 18.2 Å². The van der Waals surface area contributed by atoms with E-state index in [-0.39, 0.29) is 11.6 Å². The third kappa shape index (κ3) is 1.56. The summed E-state index contributed by atoms with van der Waals surface area (Å²) in [5.41, 5.74) is 3.72. The topological polar surface area (TPSA) is 58.3 Å². The summed E-state index contributed by atoms with van der Waals surface area (Å²) in [7, 11) is 0. The Bertz CT molecular complexity index is 252. The van der Waals surface area contributed by atoms with Crippen molar-refractivity contribution in [3.05, 3.63) is 23.8 Å². The van der Waals surface area contributed by atoms with E-state index in [1.165, 1.54) is 0 Å². The highest BCUT2D eigenvalue weighted by Gasteiger charge is 2.03. The van der Waals surface area contributed by atoms with Crippen molar-refractivity contribution >= 4 is 17.3 Å². The number of nitrogens with two attached hydrogens (primary N) is 1. The van der Waals surface area contributed by atoms with Crippen molar-refractivity contribution in [2.75, 3.05) is 5.43 Å². The molecular weight excluding hydrogens is 164 g/mol. The molecule has 0 heterocycles. The normalized spacial score (nSPS) is 9.64. The number of hydrogen-bond acceptors (Lipinski definition) is 3. The van der Waals surface area contributed by atoms with Crippen LogP contribution in [-0.2, 0) is 5.88 Å². The standard InChI is InChI=1S/C7H9ClN2O/c8-4-5-6(10-9)2-1-3-7(5)11/h1-3,10-11H,4,9H2. The highest BCUT2D eigenvalue weighted by molar-refractivity contribution is 6.17. The lowest BCUT2D eigenvalue weighted by Crippen LogP contribution is -2.08. The van der Waals surface area contributed by atoms with Crippen LogP contribution in [0.4, 0.5) is 5.69 Å². The fourth-order valence-electron chi connectivity index (χ4n) is 0.850. The van der Waals surface area contributed by atoms with Gasteiger partial charge in [-0.3, -0.25) is 5.84 Å². The number of aromatic hydroxyl groups is 1. The van der Waals surface area contributed by atoms with Crippen molar-refractivity contribution in [2.45, 2.75) is 5.88 Å². The molecular formula is C7H9ClN2O. The van der Waals surface area contributed by atoms with Crippen molar-refractivity contribution in [3.8, 4) is 5.75 Å². The number of halogens is 1. The van der Waals surface area contributed by atoms with Gasteiger partial charge in [-0.15, -0.1) is 11.6 Å². The van der Waals surface area contributed by atoms with Gasteiger partial charge in [0.25, 0.3) is 0 Å². The van der Waals surface area contributed by atoms with E-state index in [9.17, 15) is 5.11 Å². The van der Waals surface area contributed by atoms with Gasteiger partial charge in [0.1, 0.15) is 5.75 Å². The molecule has 0 saturated carbocycles. The number of hydrazine groups is 1. The summed E-state index contributed by atoms with van der Waals surface area (Å²) in [6.07, 6.45) is 0. The number of anilines is 1. The lowest BCUT2D eigenvalue weighted by molar-refractivity contribution is 0.471. The summed E-state index contributed by atoms with van der Waals surface area (Å²) in [5, 5.41) is 9.24. The first-order chi connectivity index (χ1) is 5.29. The summed E-state index contributed by atoms with van der Waals surface area (Å²) in [4.78, 5) is 0. The third-order valence-corrected chi connectivity index (χ3v) is 1.71. The number of benzene rings is 1. The Morgan fingerprint density at radius 2 is 2.27 bits per heavy atom. The largest absolute Gasteiger partial charge is 0.508 e. The smallest absolute Gasteiger partial charge is 0.122 e. The molecule has 0 aliphatic rings. The first kappa shape index (κ1) is 8.17. The van der Waals surface area contributed by atoms with E-state index in [0.29, 0.717) is 11.3 Å². The van der Waals surface area contributed by atoms with E-state index < -0.39 is 0 Å². The quantitative estimate of drug-likeness (QED) is 0.359. The molecule has 0 aromatic heterocycles. The second kappa shape index (κ2) is 3.46. The van der Waals surface area contributed by atoms with Crippen LogP contribution >= 0.6 is 11.6 Å². The average Bonchev–Trinajstić information content (AvgIpc) is 2.04. The van der Waals surface area contributed by atoms with Gasteiger partial charge in [0.15, 0.2) is 0 Å². The Kier molecular flexibility index (Phi) is 2.57. The van der Waals surface area contributed by atoms with Crippen LogP contribution in [0.5, 0.6) is 5.75 Å². The number of alkyl halides is 1. The molecule has 1 rings (SSSR count). The van der Waals surface area contributed by atoms with Crippen LogP contribution < -0.4 is 11.3 Å². The van der Waals surface area contributed by atoms with Crippen LogP contribution in [0.25, 0.3) is 0 Å². The van der Waals surface area contributed by atoms with Crippen LogP contribution in [-0.4, -0.2) is 5.11 Å². The summed E-state index contributed by atoms with van der Waals surface area (Å²) in [5.74, 6) is 5.58. The van der Waals surface area contributed by atoms with Gasteiger partial charge in [-0.2, -0.15) is 0 Å².